The molecule has 0 amide bonds. The van der Waals surface area contributed by atoms with E-state index in [2.05, 4.69) is 0 Å². The van der Waals surface area contributed by atoms with Crippen molar-refractivity contribution in [2.75, 3.05) is 7.11 Å². The van der Waals surface area contributed by atoms with Crippen LogP contribution in [0.1, 0.15) is 73.3 Å². The molecule has 38 heavy (non-hydrogen) atoms. The predicted octanol–water partition coefficient (Wildman–Crippen LogP) is 4.71. The zero-order valence-corrected chi connectivity index (χ0v) is 23.5. The third-order valence-electron chi connectivity index (χ3n) is 5.69. The molecule has 0 heterocycles. The Morgan fingerprint density at radius 2 is 1.34 bits per heavy atom. The predicted molar refractivity (Wildman–Crippen MR) is 138 cm³/mol. The fraction of sp³-hybridized carbons (Fsp3) is 0.630. The van der Waals surface area contributed by atoms with Gasteiger partial charge in [-0.1, -0.05) is 33.8 Å². The minimum atomic E-state index is -1.59. The molecule has 1 aromatic rings. The normalized spacial score (nSPS) is 14.9. The molecule has 0 fully saturated rings. The summed E-state index contributed by atoms with van der Waals surface area (Å²) in [5, 5.41) is 0. The number of esters is 2. The molecular weight excluding hydrogens is 498 g/mol. The molecule has 0 aliphatic carbocycles. The number of benzene rings is 1. The van der Waals surface area contributed by atoms with Gasteiger partial charge in [0.1, 0.15) is 23.9 Å². The molecule has 11 nitrogen and oxygen atoms in total. The first-order valence-corrected chi connectivity index (χ1v) is 12.7. The summed E-state index contributed by atoms with van der Waals surface area (Å²) >= 11 is 0. The van der Waals surface area contributed by atoms with Crippen LogP contribution in [0.3, 0.4) is 0 Å². The Kier molecular flexibility index (Phi) is 13.0. The van der Waals surface area contributed by atoms with Crippen LogP contribution in [0.4, 0.5) is 9.59 Å². The fourth-order valence-corrected chi connectivity index (χ4v) is 3.23. The van der Waals surface area contributed by atoms with Gasteiger partial charge in [0.15, 0.2) is 11.5 Å². The molecule has 0 radical (unpaired) electrons. The molecule has 2 N–H and O–H groups in total. The maximum Gasteiger partial charge on any atom is 0.514 e. The molecule has 1 rings (SSSR count). The molecule has 11 heteroatoms. The number of nitrogens with two attached hydrogens (primary N) is 1. The molecule has 0 spiro atoms. The van der Waals surface area contributed by atoms with Crippen LogP contribution >= 0.6 is 0 Å². The maximum atomic E-state index is 12.7. The average molecular weight is 540 g/mol. The van der Waals surface area contributed by atoms with Crippen molar-refractivity contribution >= 4 is 24.2 Å². The van der Waals surface area contributed by atoms with Crippen molar-refractivity contribution in [2.24, 2.45) is 11.7 Å². The molecule has 1 aromatic carbocycles. The molecule has 4 atom stereocenters. The smallest absolute Gasteiger partial charge is 0.468 e. The van der Waals surface area contributed by atoms with Crippen LogP contribution in [0, 0.1) is 5.92 Å². The number of rotatable bonds is 13. The van der Waals surface area contributed by atoms with E-state index in [9.17, 15) is 19.2 Å². The van der Waals surface area contributed by atoms with Crippen molar-refractivity contribution in [3.8, 4) is 11.5 Å². The lowest BCUT2D eigenvalue weighted by molar-refractivity contribution is -0.157. The van der Waals surface area contributed by atoms with E-state index in [1.54, 1.807) is 40.7 Å². The number of carbonyl (C=O) groups is 4. The third kappa shape index (κ3) is 10.6. The molecular formula is C27H41NO10. The van der Waals surface area contributed by atoms with E-state index in [0.29, 0.717) is 18.4 Å². The van der Waals surface area contributed by atoms with Gasteiger partial charge in [-0.2, -0.15) is 0 Å². The highest BCUT2D eigenvalue weighted by Gasteiger charge is 2.38. The van der Waals surface area contributed by atoms with Crippen LogP contribution in [0.2, 0.25) is 0 Å². The van der Waals surface area contributed by atoms with Crippen LogP contribution in [-0.2, 0) is 35.0 Å². The lowest BCUT2D eigenvalue weighted by atomic mass is 9.86. The summed E-state index contributed by atoms with van der Waals surface area (Å²) in [6.07, 6.45) is -2.42. The fourth-order valence-electron chi connectivity index (χ4n) is 3.23. The van der Waals surface area contributed by atoms with Gasteiger partial charge >= 0.3 is 24.2 Å². The first-order valence-electron chi connectivity index (χ1n) is 12.7. The van der Waals surface area contributed by atoms with Crippen molar-refractivity contribution in [3.63, 3.8) is 0 Å². The van der Waals surface area contributed by atoms with Crippen LogP contribution in [0.5, 0.6) is 11.5 Å². The summed E-state index contributed by atoms with van der Waals surface area (Å²) in [4.78, 5) is 49.2. The van der Waals surface area contributed by atoms with Crippen LogP contribution in [0.25, 0.3) is 0 Å². The van der Waals surface area contributed by atoms with Gasteiger partial charge in [-0.25, -0.2) is 9.59 Å². The Morgan fingerprint density at radius 1 is 0.816 bits per heavy atom. The summed E-state index contributed by atoms with van der Waals surface area (Å²) in [6.45, 7) is 12.1. The standard InChI is InChI=1S/C27H41NO10/c1-9-17(5)35-25(31)37-21-12-11-20(13-22(21)38-26(32)36-18(6)10-2)15-27(28,24(30)33-8)14-19(7)34-23(29)16(3)4/h11-13,16-19H,9-10,14-15,28H2,1-8H3/t17?,18?,19-,27?/m0/s1. The van der Waals surface area contributed by atoms with Crippen molar-refractivity contribution in [2.45, 2.75) is 98.0 Å². The van der Waals surface area contributed by atoms with Gasteiger partial charge < -0.3 is 34.2 Å². The summed E-state index contributed by atoms with van der Waals surface area (Å²) in [5.74, 6) is -1.73. The first kappa shape index (κ1) is 32.7. The summed E-state index contributed by atoms with van der Waals surface area (Å²) in [5.41, 5.74) is 5.32. The summed E-state index contributed by atoms with van der Waals surface area (Å²) < 4.78 is 31.2. The van der Waals surface area contributed by atoms with E-state index in [4.69, 9.17) is 34.2 Å². The average Bonchev–Trinajstić information content (AvgIpc) is 2.84. The highest BCUT2D eigenvalue weighted by Crippen LogP contribution is 2.32. The number of ether oxygens (including phenoxy) is 6. The molecule has 0 aromatic heterocycles. The van der Waals surface area contributed by atoms with Gasteiger partial charge in [-0.15, -0.1) is 0 Å². The second-order valence-corrected chi connectivity index (χ2v) is 9.59. The first-order chi connectivity index (χ1) is 17.7. The van der Waals surface area contributed by atoms with E-state index < -0.39 is 42.0 Å². The zero-order valence-electron chi connectivity index (χ0n) is 23.5. The second-order valence-electron chi connectivity index (χ2n) is 9.59. The van der Waals surface area contributed by atoms with E-state index in [-0.39, 0.29) is 36.4 Å². The second kappa shape index (κ2) is 15.2. The number of hydrogen-bond acceptors (Lipinski definition) is 11. The van der Waals surface area contributed by atoms with Gasteiger partial charge in [0.2, 0.25) is 0 Å². The van der Waals surface area contributed by atoms with Crippen molar-refractivity contribution < 1.29 is 47.6 Å². The van der Waals surface area contributed by atoms with E-state index in [1.165, 1.54) is 19.2 Å². The Hall–Kier alpha value is -3.34. The summed E-state index contributed by atoms with van der Waals surface area (Å²) in [7, 11) is 1.20. The highest BCUT2D eigenvalue weighted by atomic mass is 16.7. The van der Waals surface area contributed by atoms with E-state index in [1.807, 2.05) is 13.8 Å². The Labute approximate surface area is 224 Å². The highest BCUT2D eigenvalue weighted by molar-refractivity contribution is 5.81. The molecule has 0 aliphatic rings. The van der Waals surface area contributed by atoms with Gasteiger partial charge in [0.25, 0.3) is 0 Å². The lowest BCUT2D eigenvalue weighted by Crippen LogP contribution is -2.53. The van der Waals surface area contributed by atoms with Crippen LogP contribution in [0.15, 0.2) is 18.2 Å². The number of methoxy groups -OCH3 is 1. The molecule has 0 aliphatic heterocycles. The number of hydrogen-bond donors (Lipinski definition) is 1. The number of carbonyl (C=O) groups excluding carboxylic acids is 4. The zero-order chi connectivity index (χ0) is 29.0. The summed E-state index contributed by atoms with van der Waals surface area (Å²) in [6, 6.07) is 4.34. The van der Waals surface area contributed by atoms with Crippen LogP contribution in [-0.4, -0.2) is 55.2 Å². The minimum Gasteiger partial charge on any atom is -0.468 e. The Morgan fingerprint density at radius 3 is 1.82 bits per heavy atom. The van der Waals surface area contributed by atoms with Crippen molar-refractivity contribution in [3.05, 3.63) is 23.8 Å². The Bertz CT molecular complexity index is 963. The maximum absolute atomic E-state index is 12.7. The Balaban J connectivity index is 3.28. The third-order valence-corrected chi connectivity index (χ3v) is 5.69. The van der Waals surface area contributed by atoms with Gasteiger partial charge in [0, 0.05) is 12.8 Å². The van der Waals surface area contributed by atoms with Crippen molar-refractivity contribution in [1.82, 2.24) is 0 Å². The topological polar surface area (TPSA) is 150 Å². The molecule has 0 saturated heterocycles. The van der Waals surface area contributed by atoms with Crippen molar-refractivity contribution in [1.29, 1.82) is 0 Å². The molecule has 0 saturated carbocycles. The van der Waals surface area contributed by atoms with Gasteiger partial charge in [-0.3, -0.25) is 9.59 Å². The lowest BCUT2D eigenvalue weighted by Gasteiger charge is -2.29. The minimum absolute atomic E-state index is 0.0378. The van der Waals surface area contributed by atoms with E-state index in [0.717, 1.165) is 0 Å². The quantitative estimate of drug-likeness (QED) is 0.211. The van der Waals surface area contributed by atoms with Crippen LogP contribution < -0.4 is 15.2 Å². The molecule has 214 valence electrons. The van der Waals surface area contributed by atoms with Gasteiger partial charge in [0.05, 0.1) is 13.0 Å². The molecule has 0 bridgehead atoms. The monoisotopic (exact) mass is 539 g/mol. The van der Waals surface area contributed by atoms with Gasteiger partial charge in [-0.05, 0) is 51.3 Å². The SMILES string of the molecule is CCC(C)OC(=O)Oc1ccc(CC(N)(C[C@H](C)OC(=O)C(C)C)C(=O)OC)cc1OC(=O)OC(C)CC. The largest absolute Gasteiger partial charge is 0.514 e. The van der Waals surface area contributed by atoms with E-state index >= 15 is 0 Å². The molecule has 3 unspecified atom stereocenters.